The Hall–Kier alpha value is -2.04. The van der Waals surface area contributed by atoms with Crippen molar-refractivity contribution in [1.29, 1.82) is 0 Å². The minimum absolute atomic E-state index is 0.180. The summed E-state index contributed by atoms with van der Waals surface area (Å²) in [5, 5.41) is 0. The molecule has 0 spiro atoms. The highest BCUT2D eigenvalue weighted by Gasteiger charge is 2.21. The zero-order valence-electron chi connectivity index (χ0n) is 11.3. The van der Waals surface area contributed by atoms with Crippen LogP contribution in [-0.2, 0) is 4.79 Å². The lowest BCUT2D eigenvalue weighted by Gasteiger charge is -2.27. The van der Waals surface area contributed by atoms with Gasteiger partial charge in [0.2, 0.25) is 5.91 Å². The van der Waals surface area contributed by atoms with Gasteiger partial charge in [0, 0.05) is 24.9 Å². The Balaban J connectivity index is 2.14. The molecule has 19 heavy (non-hydrogen) atoms. The minimum atomic E-state index is 0.180. The average Bonchev–Trinajstić information content (AvgIpc) is 2.67. The van der Waals surface area contributed by atoms with Crippen LogP contribution in [0.1, 0.15) is 30.7 Å². The Morgan fingerprint density at radius 1 is 1.32 bits per heavy atom. The van der Waals surface area contributed by atoms with E-state index in [1.165, 1.54) is 0 Å². The van der Waals surface area contributed by atoms with Gasteiger partial charge in [0.1, 0.15) is 0 Å². The summed E-state index contributed by atoms with van der Waals surface area (Å²) < 4.78 is 1.97. The van der Waals surface area contributed by atoms with Gasteiger partial charge in [-0.15, -0.1) is 0 Å². The first-order valence-electron chi connectivity index (χ1n) is 6.63. The standard InChI is InChI=1S/C14H18N4O/c1-9-10(2)18-8-11(7-12(15)14(18)16-9)17-6-4-3-5-13(17)19/h7-8H,3-6,15H2,1-2H3. The molecule has 2 aromatic rings. The van der Waals surface area contributed by atoms with E-state index in [1.807, 2.05) is 35.4 Å². The number of pyridine rings is 1. The van der Waals surface area contributed by atoms with Gasteiger partial charge >= 0.3 is 0 Å². The Morgan fingerprint density at radius 3 is 2.84 bits per heavy atom. The Labute approximate surface area is 112 Å². The van der Waals surface area contributed by atoms with Gasteiger partial charge in [-0.3, -0.25) is 4.79 Å². The van der Waals surface area contributed by atoms with Crippen LogP contribution in [-0.4, -0.2) is 21.8 Å². The first kappa shape index (κ1) is 12.0. The highest BCUT2D eigenvalue weighted by molar-refractivity contribution is 5.94. The molecular weight excluding hydrogens is 240 g/mol. The van der Waals surface area contributed by atoms with Crippen LogP contribution >= 0.6 is 0 Å². The molecule has 100 valence electrons. The molecule has 2 N–H and O–H groups in total. The van der Waals surface area contributed by atoms with Crippen LogP contribution in [0.5, 0.6) is 0 Å². The van der Waals surface area contributed by atoms with Gasteiger partial charge in [0.25, 0.3) is 0 Å². The van der Waals surface area contributed by atoms with E-state index in [9.17, 15) is 4.79 Å². The van der Waals surface area contributed by atoms with Crippen molar-refractivity contribution in [1.82, 2.24) is 9.38 Å². The number of hydrogen-bond donors (Lipinski definition) is 1. The van der Waals surface area contributed by atoms with E-state index in [2.05, 4.69) is 4.98 Å². The first-order valence-corrected chi connectivity index (χ1v) is 6.63. The third-order valence-corrected chi connectivity index (χ3v) is 3.84. The van der Waals surface area contributed by atoms with Gasteiger partial charge in [0.15, 0.2) is 5.65 Å². The molecule has 1 amide bonds. The van der Waals surface area contributed by atoms with Gasteiger partial charge in [-0.05, 0) is 32.8 Å². The summed E-state index contributed by atoms with van der Waals surface area (Å²) in [4.78, 5) is 18.3. The summed E-state index contributed by atoms with van der Waals surface area (Å²) >= 11 is 0. The highest BCUT2D eigenvalue weighted by atomic mass is 16.2. The predicted molar refractivity (Wildman–Crippen MR) is 75.3 cm³/mol. The van der Waals surface area contributed by atoms with Crippen molar-refractivity contribution < 1.29 is 4.79 Å². The smallest absolute Gasteiger partial charge is 0.227 e. The van der Waals surface area contributed by atoms with Crippen molar-refractivity contribution in [3.8, 4) is 0 Å². The monoisotopic (exact) mass is 258 g/mol. The molecule has 5 heteroatoms. The summed E-state index contributed by atoms with van der Waals surface area (Å²) in [6.45, 7) is 4.75. The number of hydrogen-bond acceptors (Lipinski definition) is 3. The number of amides is 1. The van der Waals surface area contributed by atoms with Crippen LogP contribution in [0.3, 0.4) is 0 Å². The number of nitrogens with two attached hydrogens (primary N) is 1. The number of aryl methyl sites for hydroxylation is 2. The lowest BCUT2D eigenvalue weighted by Crippen LogP contribution is -2.35. The molecule has 0 saturated carbocycles. The van der Waals surface area contributed by atoms with Crippen LogP contribution in [0, 0.1) is 13.8 Å². The van der Waals surface area contributed by atoms with E-state index >= 15 is 0 Å². The number of anilines is 2. The quantitative estimate of drug-likeness (QED) is 0.851. The molecule has 0 radical (unpaired) electrons. The predicted octanol–water partition coefficient (Wildman–Crippen LogP) is 2.05. The SMILES string of the molecule is Cc1nc2c(N)cc(N3CCCCC3=O)cn2c1C. The fourth-order valence-corrected chi connectivity index (χ4v) is 2.61. The van der Waals surface area contributed by atoms with Crippen LogP contribution in [0.25, 0.3) is 5.65 Å². The number of carbonyl (C=O) groups excluding carboxylic acids is 1. The van der Waals surface area contributed by atoms with Crippen molar-refractivity contribution in [3.05, 3.63) is 23.7 Å². The number of fused-ring (bicyclic) bond motifs is 1. The average molecular weight is 258 g/mol. The maximum absolute atomic E-state index is 12.0. The van der Waals surface area contributed by atoms with Crippen molar-refractivity contribution in [3.63, 3.8) is 0 Å². The molecule has 3 rings (SSSR count). The van der Waals surface area contributed by atoms with E-state index in [4.69, 9.17) is 5.73 Å². The van der Waals surface area contributed by atoms with E-state index in [1.54, 1.807) is 0 Å². The van der Waals surface area contributed by atoms with Gasteiger partial charge in [0.05, 0.1) is 17.1 Å². The molecule has 0 aromatic carbocycles. The number of aromatic nitrogens is 2. The summed E-state index contributed by atoms with van der Waals surface area (Å²) in [5.41, 5.74) is 10.4. The van der Waals surface area contributed by atoms with Crippen molar-refractivity contribution in [2.45, 2.75) is 33.1 Å². The number of rotatable bonds is 1. The minimum Gasteiger partial charge on any atom is -0.396 e. The lowest BCUT2D eigenvalue weighted by molar-refractivity contribution is -0.119. The molecule has 1 aliphatic heterocycles. The van der Waals surface area contributed by atoms with Crippen LogP contribution in [0.15, 0.2) is 12.3 Å². The lowest BCUT2D eigenvalue weighted by atomic mass is 10.1. The first-order chi connectivity index (χ1) is 9.08. The third-order valence-electron chi connectivity index (χ3n) is 3.84. The normalized spacial score (nSPS) is 16.3. The van der Waals surface area contributed by atoms with Crippen LogP contribution < -0.4 is 10.6 Å². The molecule has 0 atom stereocenters. The summed E-state index contributed by atoms with van der Waals surface area (Å²) in [6, 6.07) is 1.85. The van der Waals surface area contributed by atoms with E-state index < -0.39 is 0 Å². The maximum atomic E-state index is 12.0. The summed E-state index contributed by atoms with van der Waals surface area (Å²) in [6.07, 6.45) is 4.62. The second-order valence-corrected chi connectivity index (χ2v) is 5.13. The summed E-state index contributed by atoms with van der Waals surface area (Å²) in [7, 11) is 0. The Morgan fingerprint density at radius 2 is 2.11 bits per heavy atom. The number of imidazole rings is 1. The fourth-order valence-electron chi connectivity index (χ4n) is 2.61. The Bertz CT molecular complexity index is 659. The molecule has 2 aromatic heterocycles. The van der Waals surface area contributed by atoms with E-state index in [-0.39, 0.29) is 5.91 Å². The molecule has 1 saturated heterocycles. The fraction of sp³-hybridized carbons (Fsp3) is 0.429. The number of piperidine rings is 1. The molecule has 0 unspecified atom stereocenters. The molecule has 0 aliphatic carbocycles. The van der Waals surface area contributed by atoms with E-state index in [0.29, 0.717) is 12.1 Å². The van der Waals surface area contributed by atoms with Crippen LogP contribution in [0.4, 0.5) is 11.4 Å². The maximum Gasteiger partial charge on any atom is 0.227 e. The number of nitrogen functional groups attached to an aromatic ring is 1. The van der Waals surface area contributed by atoms with Gasteiger partial charge < -0.3 is 15.0 Å². The molecule has 5 nitrogen and oxygen atoms in total. The van der Waals surface area contributed by atoms with Crippen molar-refractivity contribution in [2.75, 3.05) is 17.2 Å². The number of carbonyl (C=O) groups is 1. The molecule has 0 bridgehead atoms. The largest absolute Gasteiger partial charge is 0.396 e. The van der Waals surface area contributed by atoms with E-state index in [0.717, 1.165) is 42.1 Å². The van der Waals surface area contributed by atoms with Crippen molar-refractivity contribution >= 4 is 22.9 Å². The second-order valence-electron chi connectivity index (χ2n) is 5.13. The molecular formula is C14H18N4O. The zero-order chi connectivity index (χ0) is 13.6. The Kier molecular flexibility index (Phi) is 2.69. The van der Waals surface area contributed by atoms with Crippen molar-refractivity contribution in [2.24, 2.45) is 0 Å². The summed E-state index contributed by atoms with van der Waals surface area (Å²) in [5.74, 6) is 0.180. The van der Waals surface area contributed by atoms with Gasteiger partial charge in [-0.2, -0.15) is 0 Å². The number of nitrogens with zero attached hydrogens (tertiary/aromatic N) is 3. The topological polar surface area (TPSA) is 63.6 Å². The second kappa shape index (κ2) is 4.26. The highest BCUT2D eigenvalue weighted by Crippen LogP contribution is 2.26. The van der Waals surface area contributed by atoms with Gasteiger partial charge in [-0.25, -0.2) is 4.98 Å². The van der Waals surface area contributed by atoms with Crippen LogP contribution in [0.2, 0.25) is 0 Å². The van der Waals surface area contributed by atoms with Gasteiger partial charge in [-0.1, -0.05) is 0 Å². The molecule has 3 heterocycles. The molecule has 1 fully saturated rings. The third kappa shape index (κ3) is 1.85. The zero-order valence-corrected chi connectivity index (χ0v) is 11.3. The molecule has 1 aliphatic rings.